The van der Waals surface area contributed by atoms with Crippen LogP contribution in [0.15, 0.2) is 11.1 Å². The zero-order chi connectivity index (χ0) is 12.3. The Labute approximate surface area is 103 Å². The Bertz CT molecular complexity index is 470. The fourth-order valence-corrected chi connectivity index (χ4v) is 1.50. The van der Waals surface area contributed by atoms with Crippen molar-refractivity contribution in [3.8, 4) is 0 Å². The van der Waals surface area contributed by atoms with Gasteiger partial charge in [0.2, 0.25) is 5.91 Å². The summed E-state index contributed by atoms with van der Waals surface area (Å²) in [5.74, 6) is 0.301. The van der Waals surface area contributed by atoms with Gasteiger partial charge in [0.15, 0.2) is 5.82 Å². The molecule has 1 aromatic rings. The second kappa shape index (κ2) is 5.18. The van der Waals surface area contributed by atoms with Gasteiger partial charge in [-0.25, -0.2) is 4.98 Å². The lowest BCUT2D eigenvalue weighted by molar-refractivity contribution is -0.120. The lowest BCUT2D eigenvalue weighted by atomic mass is 10.4. The molecule has 1 amide bonds. The molecule has 0 bridgehead atoms. The first-order chi connectivity index (χ1) is 8.16. The molecule has 0 spiro atoms. The number of hydrogen-bond donors (Lipinski definition) is 3. The summed E-state index contributed by atoms with van der Waals surface area (Å²) in [6.07, 6.45) is 3.74. The fourth-order valence-electron chi connectivity index (χ4n) is 1.33. The van der Waals surface area contributed by atoms with Gasteiger partial charge in [-0.15, -0.1) is 0 Å². The van der Waals surface area contributed by atoms with Crippen LogP contribution in [0.1, 0.15) is 19.3 Å². The van der Waals surface area contributed by atoms with Gasteiger partial charge < -0.3 is 15.6 Å². The highest BCUT2D eigenvalue weighted by atomic mass is 35.5. The Kier molecular flexibility index (Phi) is 3.63. The molecule has 0 unspecified atom stereocenters. The van der Waals surface area contributed by atoms with E-state index in [9.17, 15) is 9.59 Å². The molecule has 6 nitrogen and oxygen atoms in total. The minimum atomic E-state index is -0.397. The number of halogens is 1. The second-order valence-electron chi connectivity index (χ2n) is 3.91. The predicted octanol–water partition coefficient (Wildman–Crippen LogP) is 0.504. The largest absolute Gasteiger partial charge is 0.368 e. The van der Waals surface area contributed by atoms with Crippen molar-refractivity contribution in [3.63, 3.8) is 0 Å². The van der Waals surface area contributed by atoms with Gasteiger partial charge in [0.05, 0.1) is 6.33 Å². The molecular formula is C10H13ClN4O2. The van der Waals surface area contributed by atoms with Crippen molar-refractivity contribution >= 4 is 23.3 Å². The number of rotatable bonds is 5. The first-order valence-corrected chi connectivity index (χ1v) is 5.81. The predicted molar refractivity (Wildman–Crippen MR) is 64.1 cm³/mol. The van der Waals surface area contributed by atoms with E-state index in [1.54, 1.807) is 0 Å². The van der Waals surface area contributed by atoms with Gasteiger partial charge in [-0.05, 0) is 12.8 Å². The van der Waals surface area contributed by atoms with Gasteiger partial charge in [-0.2, -0.15) is 0 Å². The van der Waals surface area contributed by atoms with Crippen LogP contribution in [0.4, 0.5) is 5.82 Å². The molecule has 3 N–H and O–H groups in total. The van der Waals surface area contributed by atoms with Crippen molar-refractivity contribution in [3.05, 3.63) is 21.7 Å². The second-order valence-corrected chi connectivity index (χ2v) is 4.29. The molecule has 0 aromatic carbocycles. The van der Waals surface area contributed by atoms with Crippen LogP contribution in [0.25, 0.3) is 0 Å². The smallest absolute Gasteiger partial charge is 0.271 e. The topological polar surface area (TPSA) is 86.9 Å². The summed E-state index contributed by atoms with van der Waals surface area (Å²) in [5, 5.41) is 5.73. The summed E-state index contributed by atoms with van der Waals surface area (Å²) in [5.41, 5.74) is -0.397. The summed E-state index contributed by atoms with van der Waals surface area (Å²) in [7, 11) is 0. The molecule has 1 aliphatic carbocycles. The Balaban J connectivity index is 1.79. The first-order valence-electron chi connectivity index (χ1n) is 5.43. The van der Waals surface area contributed by atoms with Gasteiger partial charge in [0, 0.05) is 19.0 Å². The van der Waals surface area contributed by atoms with Crippen molar-refractivity contribution in [2.24, 2.45) is 0 Å². The normalized spacial score (nSPS) is 14.4. The van der Waals surface area contributed by atoms with Crippen LogP contribution in [0.5, 0.6) is 0 Å². The van der Waals surface area contributed by atoms with E-state index in [4.69, 9.17) is 11.6 Å². The molecule has 92 valence electrons. The maximum Gasteiger partial charge on any atom is 0.271 e. The summed E-state index contributed by atoms with van der Waals surface area (Å²) in [6.45, 7) is 0.398. The summed E-state index contributed by atoms with van der Waals surface area (Å²) in [4.78, 5) is 28.7. The molecule has 1 aromatic heterocycles. The standard InChI is InChI=1S/C10H13ClN4O2/c11-8-9(13-5-14-10(8)17)12-4-3-7(16)15-6-1-2-6/h5-6H,1-4H2,(H,15,16)(H2,12,13,14,17). The molecule has 1 saturated carbocycles. The molecule has 0 radical (unpaired) electrons. The zero-order valence-corrected chi connectivity index (χ0v) is 9.88. The number of carbonyl (C=O) groups excluding carboxylic acids is 1. The highest BCUT2D eigenvalue weighted by Gasteiger charge is 2.22. The van der Waals surface area contributed by atoms with Crippen molar-refractivity contribution < 1.29 is 4.79 Å². The summed E-state index contributed by atoms with van der Waals surface area (Å²) in [6, 6.07) is 0.365. The Morgan fingerprint density at radius 2 is 2.35 bits per heavy atom. The number of amides is 1. The number of aromatic amines is 1. The minimum absolute atomic E-state index is 0.000892. The Morgan fingerprint density at radius 1 is 1.59 bits per heavy atom. The maximum absolute atomic E-state index is 11.4. The van der Waals surface area contributed by atoms with Crippen LogP contribution in [0, 0.1) is 0 Å². The van der Waals surface area contributed by atoms with Crippen molar-refractivity contribution in [2.45, 2.75) is 25.3 Å². The highest BCUT2D eigenvalue weighted by Crippen LogP contribution is 2.18. The monoisotopic (exact) mass is 256 g/mol. The van der Waals surface area contributed by atoms with E-state index in [1.807, 2.05) is 0 Å². The van der Waals surface area contributed by atoms with Crippen LogP contribution < -0.4 is 16.2 Å². The van der Waals surface area contributed by atoms with E-state index in [-0.39, 0.29) is 10.9 Å². The van der Waals surface area contributed by atoms with Crippen molar-refractivity contribution in [1.82, 2.24) is 15.3 Å². The summed E-state index contributed by atoms with van der Waals surface area (Å²) < 4.78 is 0. The van der Waals surface area contributed by atoms with E-state index >= 15 is 0 Å². The molecule has 1 aliphatic rings. The van der Waals surface area contributed by atoms with Gasteiger partial charge in [0.25, 0.3) is 5.56 Å². The van der Waals surface area contributed by atoms with Crippen LogP contribution in [0.3, 0.4) is 0 Å². The molecule has 7 heteroatoms. The maximum atomic E-state index is 11.4. The number of H-pyrrole nitrogens is 1. The molecule has 2 rings (SSSR count). The van der Waals surface area contributed by atoms with E-state index < -0.39 is 5.56 Å². The van der Waals surface area contributed by atoms with E-state index in [0.717, 1.165) is 12.8 Å². The third-order valence-corrected chi connectivity index (χ3v) is 2.73. The van der Waals surface area contributed by atoms with Crippen LogP contribution in [-0.4, -0.2) is 28.5 Å². The molecular weight excluding hydrogens is 244 g/mol. The SMILES string of the molecule is O=C(CCNc1nc[nH]c(=O)c1Cl)NC1CC1. The van der Waals surface area contributed by atoms with Gasteiger partial charge in [-0.3, -0.25) is 9.59 Å². The average Bonchev–Trinajstić information content (AvgIpc) is 3.08. The quantitative estimate of drug-likeness (QED) is 0.716. The molecule has 0 saturated heterocycles. The molecule has 0 aliphatic heterocycles. The van der Waals surface area contributed by atoms with Gasteiger partial charge in [-0.1, -0.05) is 11.6 Å². The Morgan fingerprint density at radius 3 is 3.06 bits per heavy atom. The van der Waals surface area contributed by atoms with E-state index in [2.05, 4.69) is 20.6 Å². The fraction of sp³-hybridized carbons (Fsp3) is 0.500. The minimum Gasteiger partial charge on any atom is -0.368 e. The molecule has 17 heavy (non-hydrogen) atoms. The third-order valence-electron chi connectivity index (χ3n) is 2.38. The zero-order valence-electron chi connectivity index (χ0n) is 9.12. The highest BCUT2D eigenvalue weighted by molar-refractivity contribution is 6.32. The average molecular weight is 257 g/mol. The number of anilines is 1. The van der Waals surface area contributed by atoms with Gasteiger partial charge >= 0.3 is 0 Å². The van der Waals surface area contributed by atoms with Crippen LogP contribution in [0.2, 0.25) is 5.02 Å². The summed E-state index contributed by atoms with van der Waals surface area (Å²) >= 11 is 5.73. The van der Waals surface area contributed by atoms with E-state index in [1.165, 1.54) is 6.33 Å². The number of aromatic nitrogens is 2. The number of nitrogens with zero attached hydrogens (tertiary/aromatic N) is 1. The first kappa shape index (κ1) is 11.9. The molecule has 0 atom stereocenters. The van der Waals surface area contributed by atoms with Crippen LogP contribution in [-0.2, 0) is 4.79 Å². The van der Waals surface area contributed by atoms with Crippen molar-refractivity contribution in [2.75, 3.05) is 11.9 Å². The number of carbonyl (C=O) groups is 1. The molecule has 1 fully saturated rings. The Hall–Kier alpha value is -1.56. The number of hydrogen-bond acceptors (Lipinski definition) is 4. The molecule has 1 heterocycles. The number of nitrogens with one attached hydrogen (secondary N) is 3. The third kappa shape index (κ3) is 3.45. The van der Waals surface area contributed by atoms with E-state index in [0.29, 0.717) is 24.8 Å². The van der Waals surface area contributed by atoms with Crippen molar-refractivity contribution in [1.29, 1.82) is 0 Å². The lowest BCUT2D eigenvalue weighted by Crippen LogP contribution is -2.27. The lowest BCUT2D eigenvalue weighted by Gasteiger charge is -2.06. The van der Waals surface area contributed by atoms with Crippen LogP contribution >= 0.6 is 11.6 Å². The van der Waals surface area contributed by atoms with Gasteiger partial charge in [0.1, 0.15) is 5.02 Å².